The third-order valence-corrected chi connectivity index (χ3v) is 2.24. The lowest BCUT2D eigenvalue weighted by Gasteiger charge is -2.08. The van der Waals surface area contributed by atoms with Gasteiger partial charge in [0, 0.05) is 12.7 Å². The number of pyridine rings is 1. The molecule has 0 saturated carbocycles. The molecule has 0 aliphatic rings. The lowest BCUT2D eigenvalue weighted by atomic mass is 10.2. The first-order valence-corrected chi connectivity index (χ1v) is 5.22. The Labute approximate surface area is 93.5 Å². The summed E-state index contributed by atoms with van der Waals surface area (Å²) >= 11 is 0. The van der Waals surface area contributed by atoms with Crippen molar-refractivity contribution in [2.45, 2.75) is 25.9 Å². The number of aliphatic hydroxyl groups is 1. The summed E-state index contributed by atoms with van der Waals surface area (Å²) in [6.45, 7) is 2.18. The Morgan fingerprint density at radius 3 is 3.06 bits per heavy atom. The molecule has 0 aliphatic carbocycles. The molecule has 0 aliphatic heterocycles. The van der Waals surface area contributed by atoms with Crippen LogP contribution in [0.4, 0.5) is 4.39 Å². The molecule has 0 saturated heterocycles. The number of amides is 1. The van der Waals surface area contributed by atoms with Gasteiger partial charge in [0.2, 0.25) is 5.95 Å². The minimum Gasteiger partial charge on any atom is -0.393 e. The van der Waals surface area contributed by atoms with E-state index in [9.17, 15) is 14.3 Å². The smallest absolute Gasteiger partial charge is 0.255 e. The predicted molar refractivity (Wildman–Crippen MR) is 57.4 cm³/mol. The Hall–Kier alpha value is -1.49. The maximum atomic E-state index is 13.1. The van der Waals surface area contributed by atoms with Gasteiger partial charge in [-0.15, -0.1) is 0 Å². The standard InChI is InChI=1S/C11H15FN2O2/c1-2-8(15)5-7-14-11(16)9-4-3-6-13-10(9)12/h3-4,6,8,15H,2,5,7H2,1H3,(H,14,16). The van der Waals surface area contributed by atoms with Crippen molar-refractivity contribution in [2.75, 3.05) is 6.54 Å². The van der Waals surface area contributed by atoms with Crippen LogP contribution in [0.1, 0.15) is 30.1 Å². The van der Waals surface area contributed by atoms with Crippen LogP contribution in [0.5, 0.6) is 0 Å². The Morgan fingerprint density at radius 2 is 2.44 bits per heavy atom. The molecule has 88 valence electrons. The van der Waals surface area contributed by atoms with E-state index in [1.807, 2.05) is 6.92 Å². The average molecular weight is 226 g/mol. The van der Waals surface area contributed by atoms with Gasteiger partial charge in [0.1, 0.15) is 0 Å². The van der Waals surface area contributed by atoms with Crippen molar-refractivity contribution in [1.29, 1.82) is 0 Å². The van der Waals surface area contributed by atoms with E-state index >= 15 is 0 Å². The molecule has 0 spiro atoms. The van der Waals surface area contributed by atoms with Crippen LogP contribution in [0.2, 0.25) is 0 Å². The summed E-state index contributed by atoms with van der Waals surface area (Å²) in [6, 6.07) is 2.87. The summed E-state index contributed by atoms with van der Waals surface area (Å²) in [5.74, 6) is -1.29. The molecule has 5 heteroatoms. The molecule has 1 unspecified atom stereocenters. The molecule has 0 fully saturated rings. The molecule has 1 rings (SSSR count). The second-order valence-electron chi connectivity index (χ2n) is 3.45. The van der Waals surface area contributed by atoms with Gasteiger partial charge in [0.05, 0.1) is 11.7 Å². The fourth-order valence-corrected chi connectivity index (χ4v) is 1.21. The van der Waals surface area contributed by atoms with E-state index in [2.05, 4.69) is 10.3 Å². The normalized spacial score (nSPS) is 12.2. The number of nitrogens with one attached hydrogen (secondary N) is 1. The molecule has 4 nitrogen and oxygen atoms in total. The topological polar surface area (TPSA) is 62.2 Å². The Kier molecular flexibility index (Phi) is 4.85. The van der Waals surface area contributed by atoms with Gasteiger partial charge in [-0.05, 0) is 25.0 Å². The molecule has 16 heavy (non-hydrogen) atoms. The number of rotatable bonds is 5. The van der Waals surface area contributed by atoms with Crippen LogP contribution < -0.4 is 5.32 Å². The molecular formula is C11H15FN2O2. The summed E-state index contributed by atoms with van der Waals surface area (Å²) < 4.78 is 13.1. The molecule has 1 amide bonds. The van der Waals surface area contributed by atoms with Gasteiger partial charge in [-0.2, -0.15) is 4.39 Å². The van der Waals surface area contributed by atoms with Crippen molar-refractivity contribution in [1.82, 2.24) is 10.3 Å². The van der Waals surface area contributed by atoms with Crippen molar-refractivity contribution in [3.63, 3.8) is 0 Å². The first-order chi connectivity index (χ1) is 7.65. The third-order valence-electron chi connectivity index (χ3n) is 2.24. The molecular weight excluding hydrogens is 211 g/mol. The summed E-state index contributed by atoms with van der Waals surface area (Å²) in [5.41, 5.74) is -0.0755. The van der Waals surface area contributed by atoms with Crippen LogP contribution in [0.3, 0.4) is 0 Å². The quantitative estimate of drug-likeness (QED) is 0.739. The Balaban J connectivity index is 2.44. The summed E-state index contributed by atoms with van der Waals surface area (Å²) in [7, 11) is 0. The number of carbonyl (C=O) groups is 1. The molecule has 2 N–H and O–H groups in total. The molecule has 0 radical (unpaired) electrons. The maximum absolute atomic E-state index is 13.1. The Bertz CT molecular complexity index is 358. The highest BCUT2D eigenvalue weighted by Crippen LogP contribution is 2.02. The zero-order valence-corrected chi connectivity index (χ0v) is 9.11. The number of aliphatic hydroxyl groups excluding tert-OH is 1. The number of aromatic nitrogens is 1. The number of nitrogens with zero attached hydrogens (tertiary/aromatic N) is 1. The number of halogens is 1. The van der Waals surface area contributed by atoms with Gasteiger partial charge in [-0.1, -0.05) is 6.92 Å². The van der Waals surface area contributed by atoms with Crippen LogP contribution in [0.25, 0.3) is 0 Å². The minimum absolute atomic E-state index is 0.0755. The lowest BCUT2D eigenvalue weighted by Crippen LogP contribution is -2.27. The van der Waals surface area contributed by atoms with Crippen molar-refractivity contribution >= 4 is 5.91 Å². The fraction of sp³-hybridized carbons (Fsp3) is 0.455. The molecule has 0 aromatic carbocycles. The van der Waals surface area contributed by atoms with E-state index < -0.39 is 18.0 Å². The molecule has 0 bridgehead atoms. The van der Waals surface area contributed by atoms with Gasteiger partial charge < -0.3 is 10.4 Å². The predicted octanol–water partition coefficient (Wildman–Crippen LogP) is 1.11. The van der Waals surface area contributed by atoms with Crippen molar-refractivity contribution < 1.29 is 14.3 Å². The second-order valence-corrected chi connectivity index (χ2v) is 3.45. The largest absolute Gasteiger partial charge is 0.393 e. The summed E-state index contributed by atoms with van der Waals surface area (Å²) in [5, 5.41) is 11.8. The summed E-state index contributed by atoms with van der Waals surface area (Å²) in [6.07, 6.45) is 1.95. The number of hydrogen-bond donors (Lipinski definition) is 2. The average Bonchev–Trinajstić information content (AvgIpc) is 2.29. The van der Waals surface area contributed by atoms with Crippen LogP contribution in [0, 0.1) is 5.95 Å². The van der Waals surface area contributed by atoms with Crippen molar-refractivity contribution in [2.24, 2.45) is 0 Å². The van der Waals surface area contributed by atoms with Crippen molar-refractivity contribution in [3.05, 3.63) is 29.8 Å². The van der Waals surface area contributed by atoms with E-state index in [4.69, 9.17) is 0 Å². The summed E-state index contributed by atoms with van der Waals surface area (Å²) in [4.78, 5) is 14.8. The lowest BCUT2D eigenvalue weighted by molar-refractivity contribution is 0.0937. The maximum Gasteiger partial charge on any atom is 0.255 e. The van der Waals surface area contributed by atoms with Gasteiger partial charge in [0.15, 0.2) is 0 Å². The second kappa shape index (κ2) is 6.17. The van der Waals surface area contributed by atoms with Crippen LogP contribution in [0.15, 0.2) is 18.3 Å². The van der Waals surface area contributed by atoms with E-state index in [0.29, 0.717) is 19.4 Å². The highest BCUT2D eigenvalue weighted by molar-refractivity contribution is 5.94. The molecule has 1 atom stereocenters. The monoisotopic (exact) mass is 226 g/mol. The zero-order valence-electron chi connectivity index (χ0n) is 9.11. The van der Waals surface area contributed by atoms with Crippen LogP contribution in [-0.2, 0) is 0 Å². The van der Waals surface area contributed by atoms with Gasteiger partial charge in [-0.3, -0.25) is 4.79 Å². The number of hydrogen-bond acceptors (Lipinski definition) is 3. The Morgan fingerprint density at radius 1 is 1.69 bits per heavy atom. The highest BCUT2D eigenvalue weighted by atomic mass is 19.1. The minimum atomic E-state index is -0.781. The molecule has 1 aromatic heterocycles. The SMILES string of the molecule is CCC(O)CCNC(=O)c1cccnc1F. The van der Waals surface area contributed by atoms with Crippen LogP contribution >= 0.6 is 0 Å². The molecule has 1 aromatic rings. The first kappa shape index (κ1) is 12.6. The fourth-order valence-electron chi connectivity index (χ4n) is 1.21. The van der Waals surface area contributed by atoms with Gasteiger partial charge in [0.25, 0.3) is 5.91 Å². The number of carbonyl (C=O) groups excluding carboxylic acids is 1. The van der Waals surface area contributed by atoms with Crippen molar-refractivity contribution in [3.8, 4) is 0 Å². The molecule has 1 heterocycles. The zero-order chi connectivity index (χ0) is 12.0. The van der Waals surface area contributed by atoms with E-state index in [-0.39, 0.29) is 5.56 Å². The van der Waals surface area contributed by atoms with E-state index in [0.717, 1.165) is 0 Å². The third kappa shape index (κ3) is 3.58. The first-order valence-electron chi connectivity index (χ1n) is 5.22. The van der Waals surface area contributed by atoms with Crippen LogP contribution in [-0.4, -0.2) is 28.6 Å². The van der Waals surface area contributed by atoms with E-state index in [1.54, 1.807) is 0 Å². The van der Waals surface area contributed by atoms with E-state index in [1.165, 1.54) is 18.3 Å². The van der Waals surface area contributed by atoms with Gasteiger partial charge >= 0.3 is 0 Å². The highest BCUT2D eigenvalue weighted by Gasteiger charge is 2.11. The van der Waals surface area contributed by atoms with Gasteiger partial charge in [-0.25, -0.2) is 4.98 Å².